The molecule has 8 nitrogen and oxygen atoms in total. The maximum absolute atomic E-state index is 11.7. The van der Waals surface area contributed by atoms with E-state index >= 15 is 0 Å². The van der Waals surface area contributed by atoms with Crippen LogP contribution in [0.3, 0.4) is 0 Å². The van der Waals surface area contributed by atoms with Gasteiger partial charge in [-0.25, -0.2) is 14.6 Å². The molecule has 0 aliphatic carbocycles. The number of anilines is 4. The maximum atomic E-state index is 11.7. The van der Waals surface area contributed by atoms with Crippen LogP contribution >= 0.6 is 0 Å². The average Bonchev–Trinajstić information content (AvgIpc) is 2.69. The van der Waals surface area contributed by atoms with Crippen LogP contribution in [0.1, 0.15) is 27.6 Å². The minimum absolute atomic E-state index is 0.180. The minimum Gasteiger partial charge on any atom is -0.478 e. The average molecular weight is 378 g/mol. The van der Waals surface area contributed by atoms with Crippen LogP contribution in [0.2, 0.25) is 0 Å². The highest BCUT2D eigenvalue weighted by Gasteiger charge is 2.07. The molecule has 0 unspecified atom stereocenters. The molecule has 1 heterocycles. The van der Waals surface area contributed by atoms with E-state index in [-0.39, 0.29) is 11.5 Å². The molecule has 8 heteroatoms. The molecule has 0 aliphatic rings. The van der Waals surface area contributed by atoms with Crippen LogP contribution in [0.25, 0.3) is 0 Å². The van der Waals surface area contributed by atoms with Crippen molar-refractivity contribution in [1.82, 2.24) is 9.97 Å². The lowest BCUT2D eigenvalue weighted by molar-refractivity contribution is 0.0526. The van der Waals surface area contributed by atoms with Gasteiger partial charge in [-0.05, 0) is 55.5 Å². The summed E-state index contributed by atoms with van der Waals surface area (Å²) in [5.41, 5.74) is 1.95. The van der Waals surface area contributed by atoms with Crippen LogP contribution in [0.15, 0.2) is 60.8 Å². The molecule has 2 aromatic carbocycles. The number of carboxylic acids is 1. The molecule has 142 valence electrons. The highest BCUT2D eigenvalue weighted by atomic mass is 16.5. The van der Waals surface area contributed by atoms with Crippen molar-refractivity contribution in [2.24, 2.45) is 0 Å². The fraction of sp³-hybridized carbons (Fsp3) is 0.100. The van der Waals surface area contributed by atoms with Crippen molar-refractivity contribution < 1.29 is 19.4 Å². The van der Waals surface area contributed by atoms with E-state index in [4.69, 9.17) is 9.84 Å². The van der Waals surface area contributed by atoms with Gasteiger partial charge in [0.1, 0.15) is 5.82 Å². The molecule has 0 amide bonds. The molecule has 28 heavy (non-hydrogen) atoms. The lowest BCUT2D eigenvalue weighted by Crippen LogP contribution is -2.05. The number of aromatic nitrogens is 2. The Morgan fingerprint density at radius 1 is 1.00 bits per heavy atom. The number of aromatic carboxylic acids is 1. The van der Waals surface area contributed by atoms with E-state index in [1.54, 1.807) is 55.6 Å². The van der Waals surface area contributed by atoms with E-state index in [2.05, 4.69) is 20.6 Å². The Morgan fingerprint density at radius 2 is 1.79 bits per heavy atom. The van der Waals surface area contributed by atoms with Crippen molar-refractivity contribution in [3.8, 4) is 0 Å². The maximum Gasteiger partial charge on any atom is 0.338 e. The summed E-state index contributed by atoms with van der Waals surface area (Å²) in [5, 5.41) is 15.2. The van der Waals surface area contributed by atoms with Crippen LogP contribution in [0.5, 0.6) is 0 Å². The molecule has 0 radical (unpaired) electrons. The molecule has 0 spiro atoms. The molecule has 0 saturated heterocycles. The van der Waals surface area contributed by atoms with Gasteiger partial charge in [0.05, 0.1) is 17.7 Å². The smallest absolute Gasteiger partial charge is 0.338 e. The van der Waals surface area contributed by atoms with Crippen LogP contribution in [-0.4, -0.2) is 33.6 Å². The molecule has 0 saturated carbocycles. The minimum atomic E-state index is -1.00. The molecule has 1 aromatic heterocycles. The predicted molar refractivity (Wildman–Crippen MR) is 104 cm³/mol. The molecule has 0 bridgehead atoms. The number of benzene rings is 2. The van der Waals surface area contributed by atoms with Gasteiger partial charge in [-0.15, -0.1) is 0 Å². The van der Waals surface area contributed by atoms with Gasteiger partial charge in [-0.1, -0.05) is 6.07 Å². The second-order valence-corrected chi connectivity index (χ2v) is 5.70. The molecule has 0 fully saturated rings. The summed E-state index contributed by atoms with van der Waals surface area (Å²) in [7, 11) is 0. The summed E-state index contributed by atoms with van der Waals surface area (Å²) in [5.74, 6) is -0.522. The van der Waals surface area contributed by atoms with E-state index < -0.39 is 5.97 Å². The number of carboxylic acid groups (broad SMARTS) is 1. The number of nitrogens with zero attached hydrogens (tertiary/aromatic N) is 2. The number of carbonyl (C=O) groups is 2. The topological polar surface area (TPSA) is 113 Å². The van der Waals surface area contributed by atoms with Gasteiger partial charge in [-0.2, -0.15) is 4.98 Å². The number of hydrogen-bond acceptors (Lipinski definition) is 7. The first-order valence-electron chi connectivity index (χ1n) is 8.53. The summed E-state index contributed by atoms with van der Waals surface area (Å²) in [6.45, 7) is 2.08. The molecule has 3 rings (SSSR count). The van der Waals surface area contributed by atoms with Crippen LogP contribution in [-0.2, 0) is 4.74 Å². The zero-order valence-corrected chi connectivity index (χ0v) is 15.0. The summed E-state index contributed by atoms with van der Waals surface area (Å²) in [4.78, 5) is 31.3. The van der Waals surface area contributed by atoms with Gasteiger partial charge in [0.2, 0.25) is 5.95 Å². The normalized spacial score (nSPS) is 10.2. The highest BCUT2D eigenvalue weighted by molar-refractivity contribution is 5.90. The molecule has 3 aromatic rings. The first-order valence-corrected chi connectivity index (χ1v) is 8.53. The molecular formula is C20H18N4O4. The summed E-state index contributed by atoms with van der Waals surface area (Å²) in [6, 6.07) is 14.9. The highest BCUT2D eigenvalue weighted by Crippen LogP contribution is 2.19. The fourth-order valence-corrected chi connectivity index (χ4v) is 2.40. The van der Waals surface area contributed by atoms with Gasteiger partial charge in [0.25, 0.3) is 0 Å². The third-order valence-electron chi connectivity index (χ3n) is 3.69. The summed E-state index contributed by atoms with van der Waals surface area (Å²) in [6.07, 6.45) is 1.58. The second-order valence-electron chi connectivity index (χ2n) is 5.70. The molecule has 3 N–H and O–H groups in total. The van der Waals surface area contributed by atoms with E-state index in [0.29, 0.717) is 35.3 Å². The summed E-state index contributed by atoms with van der Waals surface area (Å²) >= 11 is 0. The standard InChI is InChI=1S/C20H18N4O4/c1-2-28-19(27)13-6-8-15(9-7-13)23-20-21-11-10-17(24-20)22-16-5-3-4-14(12-16)18(25)26/h3-12H,2H2,1H3,(H,25,26)(H2,21,22,23,24). The van der Waals surface area contributed by atoms with E-state index in [0.717, 1.165) is 0 Å². The fourth-order valence-electron chi connectivity index (χ4n) is 2.40. The van der Waals surface area contributed by atoms with Gasteiger partial charge in [0, 0.05) is 17.6 Å². The van der Waals surface area contributed by atoms with E-state index in [9.17, 15) is 9.59 Å². The Labute approximate surface area is 161 Å². The van der Waals surface area contributed by atoms with Crippen LogP contribution in [0, 0.1) is 0 Å². The Hall–Kier alpha value is -3.94. The SMILES string of the molecule is CCOC(=O)c1ccc(Nc2nccc(Nc3cccc(C(=O)O)c3)n2)cc1. The monoisotopic (exact) mass is 378 g/mol. The van der Waals surface area contributed by atoms with Crippen molar-refractivity contribution in [1.29, 1.82) is 0 Å². The number of ether oxygens (including phenoxy) is 1. The predicted octanol–water partition coefficient (Wildman–Crippen LogP) is 3.84. The first kappa shape index (κ1) is 18.8. The molecule has 0 atom stereocenters. The second kappa shape index (κ2) is 8.63. The lowest BCUT2D eigenvalue weighted by Gasteiger charge is -2.09. The number of nitrogens with one attached hydrogen (secondary N) is 2. The van der Waals surface area contributed by atoms with E-state index in [1.807, 2.05) is 0 Å². The molecular weight excluding hydrogens is 360 g/mol. The third kappa shape index (κ3) is 4.82. The zero-order valence-electron chi connectivity index (χ0n) is 15.0. The summed E-state index contributed by atoms with van der Waals surface area (Å²) < 4.78 is 4.95. The quantitative estimate of drug-likeness (QED) is 0.532. The molecule has 0 aliphatic heterocycles. The Kier molecular flexibility index (Phi) is 5.81. The van der Waals surface area contributed by atoms with Crippen molar-refractivity contribution in [3.05, 3.63) is 71.9 Å². The Morgan fingerprint density at radius 3 is 2.50 bits per heavy atom. The van der Waals surface area contributed by atoms with Crippen LogP contribution < -0.4 is 10.6 Å². The number of carbonyl (C=O) groups excluding carboxylic acids is 1. The van der Waals surface area contributed by atoms with Crippen molar-refractivity contribution in [2.75, 3.05) is 17.2 Å². The van der Waals surface area contributed by atoms with Crippen molar-refractivity contribution in [2.45, 2.75) is 6.92 Å². The van der Waals surface area contributed by atoms with Crippen LogP contribution in [0.4, 0.5) is 23.1 Å². The van der Waals surface area contributed by atoms with Gasteiger partial charge in [0.15, 0.2) is 0 Å². The number of esters is 1. The first-order chi connectivity index (χ1) is 13.5. The largest absolute Gasteiger partial charge is 0.478 e. The van der Waals surface area contributed by atoms with Gasteiger partial charge >= 0.3 is 11.9 Å². The van der Waals surface area contributed by atoms with Crippen molar-refractivity contribution in [3.63, 3.8) is 0 Å². The van der Waals surface area contributed by atoms with Crippen molar-refractivity contribution >= 4 is 35.1 Å². The van der Waals surface area contributed by atoms with Gasteiger partial charge in [-0.3, -0.25) is 0 Å². The Bertz CT molecular complexity index is 990. The Balaban J connectivity index is 1.70. The number of rotatable bonds is 7. The zero-order chi connectivity index (χ0) is 19.9. The van der Waals surface area contributed by atoms with E-state index in [1.165, 1.54) is 12.1 Å². The van der Waals surface area contributed by atoms with Gasteiger partial charge < -0.3 is 20.5 Å². The third-order valence-corrected chi connectivity index (χ3v) is 3.69. The number of hydrogen-bond donors (Lipinski definition) is 3. The lowest BCUT2D eigenvalue weighted by atomic mass is 10.2.